The molecule has 1 saturated heterocycles. The molecule has 1 aliphatic carbocycles. The summed E-state index contributed by atoms with van der Waals surface area (Å²) < 4.78 is 14.7. The van der Waals surface area contributed by atoms with Crippen molar-refractivity contribution in [2.45, 2.75) is 44.6 Å². The first kappa shape index (κ1) is 13.2. The molecule has 0 radical (unpaired) electrons. The van der Waals surface area contributed by atoms with Gasteiger partial charge in [0.15, 0.2) is 0 Å². The molecule has 0 atom stereocenters. The lowest BCUT2D eigenvalue weighted by atomic mass is 9.89. The van der Waals surface area contributed by atoms with E-state index in [1.165, 1.54) is 37.8 Å². The van der Waals surface area contributed by atoms with Gasteiger partial charge in [-0.05, 0) is 56.7 Å². The van der Waals surface area contributed by atoms with Crippen LogP contribution in [-0.4, -0.2) is 17.5 Å². The fourth-order valence-electron chi connectivity index (χ4n) is 2.94. The van der Waals surface area contributed by atoms with E-state index in [1.54, 1.807) is 6.07 Å². The fraction of sp³-hybridized carbons (Fsp3) is 0.500. The van der Waals surface area contributed by atoms with Crippen molar-refractivity contribution in [3.63, 3.8) is 0 Å². The topological polar surface area (TPSA) is 3.24 Å². The molecule has 3 heteroatoms. The number of benzene rings is 1. The largest absolute Gasteiger partial charge is 0.372 e. The highest BCUT2D eigenvalue weighted by molar-refractivity contribution is 9.10. The quantitative estimate of drug-likeness (QED) is 0.742. The first-order valence-electron chi connectivity index (χ1n) is 7.16. The van der Waals surface area contributed by atoms with Crippen LogP contribution in [0.1, 0.15) is 44.1 Å². The molecule has 3 rings (SSSR count). The minimum atomic E-state index is -0.138. The molecule has 2 fully saturated rings. The first-order chi connectivity index (χ1) is 9.24. The number of piperidine rings is 1. The summed E-state index contributed by atoms with van der Waals surface area (Å²) in [4.78, 5) is 2.52. The Morgan fingerprint density at radius 1 is 1.21 bits per heavy atom. The predicted octanol–water partition coefficient (Wildman–Crippen LogP) is 4.97. The van der Waals surface area contributed by atoms with Crippen molar-refractivity contribution in [2.24, 2.45) is 0 Å². The monoisotopic (exact) mass is 323 g/mol. The second-order valence-corrected chi connectivity index (χ2v) is 6.45. The van der Waals surface area contributed by atoms with E-state index in [2.05, 4.69) is 26.9 Å². The summed E-state index contributed by atoms with van der Waals surface area (Å²) in [5, 5.41) is 0. The molecule has 0 spiro atoms. The lowest BCUT2D eigenvalue weighted by Crippen LogP contribution is -2.41. The van der Waals surface area contributed by atoms with Crippen LogP contribution in [0.15, 0.2) is 28.4 Å². The van der Waals surface area contributed by atoms with Gasteiger partial charge in [0.2, 0.25) is 0 Å². The molecule has 1 saturated carbocycles. The zero-order valence-electron chi connectivity index (χ0n) is 11.0. The Morgan fingerprint density at radius 3 is 2.74 bits per heavy atom. The summed E-state index contributed by atoms with van der Waals surface area (Å²) in [7, 11) is 0. The van der Waals surface area contributed by atoms with Crippen LogP contribution >= 0.6 is 15.9 Å². The van der Waals surface area contributed by atoms with Gasteiger partial charge in [0.05, 0.1) is 0 Å². The van der Waals surface area contributed by atoms with Crippen LogP contribution in [0.2, 0.25) is 0 Å². The minimum Gasteiger partial charge on any atom is -0.372 e. The number of hydrogen-bond donors (Lipinski definition) is 0. The Labute approximate surface area is 122 Å². The van der Waals surface area contributed by atoms with Crippen LogP contribution in [0.3, 0.4) is 0 Å². The standard InChI is InChI=1S/C16H19BrFN/c17-13-8-7-12(16(18)11-13)10-15-4-1-2-9-19(15)14-5-3-6-14/h7-8,10-11,14H,1-6,9H2. The number of allylic oxidation sites excluding steroid dienone is 1. The third-order valence-electron chi connectivity index (χ3n) is 4.25. The van der Waals surface area contributed by atoms with E-state index in [4.69, 9.17) is 0 Å². The normalized spacial score (nSPS) is 22.6. The SMILES string of the molecule is Fc1cc(Br)ccc1C=C1CCCCN1C1CCC1. The summed E-state index contributed by atoms with van der Waals surface area (Å²) >= 11 is 3.31. The van der Waals surface area contributed by atoms with E-state index in [9.17, 15) is 4.39 Å². The summed E-state index contributed by atoms with van der Waals surface area (Å²) in [5.74, 6) is -0.138. The summed E-state index contributed by atoms with van der Waals surface area (Å²) in [5.41, 5.74) is 2.04. The molecule has 19 heavy (non-hydrogen) atoms. The van der Waals surface area contributed by atoms with Gasteiger partial charge in [0.1, 0.15) is 5.82 Å². The van der Waals surface area contributed by atoms with Gasteiger partial charge in [0.25, 0.3) is 0 Å². The van der Waals surface area contributed by atoms with Crippen molar-refractivity contribution >= 4 is 22.0 Å². The van der Waals surface area contributed by atoms with Gasteiger partial charge in [-0.1, -0.05) is 22.0 Å². The van der Waals surface area contributed by atoms with E-state index in [1.807, 2.05) is 12.1 Å². The van der Waals surface area contributed by atoms with Crippen LogP contribution in [-0.2, 0) is 0 Å². The molecule has 2 aliphatic rings. The average molecular weight is 324 g/mol. The number of rotatable bonds is 2. The minimum absolute atomic E-state index is 0.138. The van der Waals surface area contributed by atoms with Crippen LogP contribution in [0.25, 0.3) is 6.08 Å². The van der Waals surface area contributed by atoms with Gasteiger partial charge in [-0.25, -0.2) is 4.39 Å². The number of likely N-dealkylation sites (tertiary alicyclic amines) is 1. The van der Waals surface area contributed by atoms with E-state index < -0.39 is 0 Å². The molecule has 1 aliphatic heterocycles. The van der Waals surface area contributed by atoms with Crippen LogP contribution in [0, 0.1) is 5.82 Å². The van der Waals surface area contributed by atoms with E-state index >= 15 is 0 Å². The molecular formula is C16H19BrFN. The van der Waals surface area contributed by atoms with Gasteiger partial charge in [-0.3, -0.25) is 0 Å². The third-order valence-corrected chi connectivity index (χ3v) is 4.74. The molecule has 102 valence electrons. The molecule has 0 N–H and O–H groups in total. The molecule has 0 aromatic heterocycles. The lowest BCUT2D eigenvalue weighted by molar-refractivity contribution is 0.146. The molecule has 0 unspecified atom stereocenters. The zero-order valence-corrected chi connectivity index (χ0v) is 12.6. The van der Waals surface area contributed by atoms with Gasteiger partial charge in [-0.15, -0.1) is 0 Å². The Balaban J connectivity index is 1.86. The highest BCUT2D eigenvalue weighted by atomic mass is 79.9. The van der Waals surface area contributed by atoms with Crippen molar-refractivity contribution in [3.05, 3.63) is 39.7 Å². The van der Waals surface area contributed by atoms with Crippen molar-refractivity contribution in [1.29, 1.82) is 0 Å². The van der Waals surface area contributed by atoms with E-state index in [-0.39, 0.29) is 5.82 Å². The van der Waals surface area contributed by atoms with Crippen molar-refractivity contribution in [2.75, 3.05) is 6.54 Å². The zero-order chi connectivity index (χ0) is 13.2. The maximum atomic E-state index is 13.9. The molecule has 1 aromatic rings. The number of hydrogen-bond acceptors (Lipinski definition) is 1. The van der Waals surface area contributed by atoms with Crippen molar-refractivity contribution in [3.8, 4) is 0 Å². The summed E-state index contributed by atoms with van der Waals surface area (Å²) in [6.07, 6.45) is 9.61. The molecule has 1 nitrogen and oxygen atoms in total. The van der Waals surface area contributed by atoms with Crippen molar-refractivity contribution < 1.29 is 4.39 Å². The number of halogens is 2. The summed E-state index contributed by atoms with van der Waals surface area (Å²) in [6, 6.07) is 6.03. The maximum absolute atomic E-state index is 13.9. The first-order valence-corrected chi connectivity index (χ1v) is 7.95. The van der Waals surface area contributed by atoms with Crippen LogP contribution < -0.4 is 0 Å². The third kappa shape index (κ3) is 2.86. The second kappa shape index (κ2) is 5.66. The highest BCUT2D eigenvalue weighted by Gasteiger charge is 2.28. The Hall–Kier alpha value is -0.830. The van der Waals surface area contributed by atoms with E-state index in [0.717, 1.165) is 17.4 Å². The fourth-order valence-corrected chi connectivity index (χ4v) is 3.28. The van der Waals surface area contributed by atoms with Gasteiger partial charge >= 0.3 is 0 Å². The lowest BCUT2D eigenvalue weighted by Gasteiger charge is -2.43. The van der Waals surface area contributed by atoms with Crippen LogP contribution in [0.4, 0.5) is 4.39 Å². The smallest absolute Gasteiger partial charge is 0.131 e. The van der Waals surface area contributed by atoms with Gasteiger partial charge in [0, 0.05) is 28.3 Å². The van der Waals surface area contributed by atoms with E-state index in [0.29, 0.717) is 11.6 Å². The molecular weight excluding hydrogens is 305 g/mol. The van der Waals surface area contributed by atoms with Gasteiger partial charge < -0.3 is 4.90 Å². The molecule has 1 heterocycles. The molecule has 1 aromatic carbocycles. The Bertz CT molecular complexity index is 494. The Morgan fingerprint density at radius 2 is 2.05 bits per heavy atom. The van der Waals surface area contributed by atoms with Gasteiger partial charge in [-0.2, -0.15) is 0 Å². The molecule has 0 amide bonds. The maximum Gasteiger partial charge on any atom is 0.131 e. The van der Waals surface area contributed by atoms with Crippen molar-refractivity contribution in [1.82, 2.24) is 4.90 Å². The Kier molecular flexibility index (Phi) is 3.92. The predicted molar refractivity (Wildman–Crippen MR) is 80.3 cm³/mol. The average Bonchev–Trinajstić information content (AvgIpc) is 2.33. The molecule has 0 bridgehead atoms. The highest BCUT2D eigenvalue weighted by Crippen LogP contribution is 2.33. The summed E-state index contributed by atoms with van der Waals surface area (Å²) in [6.45, 7) is 1.15. The second-order valence-electron chi connectivity index (χ2n) is 5.54. The van der Waals surface area contributed by atoms with Crippen LogP contribution in [0.5, 0.6) is 0 Å². The number of nitrogens with zero attached hydrogens (tertiary/aromatic N) is 1.